The molecule has 2 saturated heterocycles. The molecule has 8 rings (SSSR count). The van der Waals surface area contributed by atoms with Crippen LogP contribution in [0.4, 0.5) is 11.6 Å². The van der Waals surface area contributed by atoms with E-state index in [2.05, 4.69) is 89.4 Å². The fraction of sp³-hybridized carbons (Fsp3) is 0.649. The second kappa shape index (κ2) is 20.8. The van der Waals surface area contributed by atoms with Crippen molar-refractivity contribution < 1.29 is 42.8 Å². The first-order valence-electron chi connectivity index (χ1n) is 21.3. The van der Waals surface area contributed by atoms with Crippen molar-refractivity contribution in [3.8, 4) is 0 Å². The number of sulfonamides is 1. The third-order valence-corrected chi connectivity index (χ3v) is 13.1. The van der Waals surface area contributed by atoms with Crippen LogP contribution in [0.25, 0.3) is 22.3 Å². The van der Waals surface area contributed by atoms with Gasteiger partial charge in [-0.3, -0.25) is 13.9 Å². The lowest BCUT2D eigenvalue weighted by Gasteiger charge is -2.17. The highest BCUT2D eigenvalue weighted by Gasteiger charge is 2.49. The number of aromatic nitrogens is 14. The van der Waals surface area contributed by atoms with Crippen molar-refractivity contribution in [3.63, 3.8) is 0 Å². The van der Waals surface area contributed by atoms with Gasteiger partial charge in [0.05, 0.1) is 38.0 Å². The fourth-order valence-electron chi connectivity index (χ4n) is 7.04. The summed E-state index contributed by atoms with van der Waals surface area (Å²) in [5, 5.41) is 64.3. The predicted octanol–water partition coefficient (Wildman–Crippen LogP) is 0.141. The molecule has 2 fully saturated rings. The van der Waals surface area contributed by atoms with Gasteiger partial charge in [0.25, 0.3) is 5.89 Å². The maximum atomic E-state index is 12.2. The zero-order valence-corrected chi connectivity index (χ0v) is 39.2. The Balaban J connectivity index is 0.000000197. The first kappa shape index (κ1) is 48.8. The highest BCUT2D eigenvalue weighted by atomic mass is 32.2. The van der Waals surface area contributed by atoms with E-state index in [0.717, 1.165) is 5.75 Å². The Morgan fingerprint density at radius 3 is 1.85 bits per heavy atom. The van der Waals surface area contributed by atoms with Gasteiger partial charge in [0.15, 0.2) is 64.5 Å². The monoisotopic (exact) mass is 960 g/mol. The summed E-state index contributed by atoms with van der Waals surface area (Å²) in [7, 11) is -0.104. The summed E-state index contributed by atoms with van der Waals surface area (Å²) in [4.78, 5) is 32.2. The highest BCUT2D eigenvalue weighted by molar-refractivity contribution is 7.97. The summed E-state index contributed by atoms with van der Waals surface area (Å²) in [6.45, 7) is 12.5. The van der Waals surface area contributed by atoms with Crippen LogP contribution in [0.3, 0.4) is 0 Å². The van der Waals surface area contributed by atoms with Gasteiger partial charge in [0.2, 0.25) is 15.8 Å². The molecule has 8 atom stereocenters. The minimum absolute atomic E-state index is 0.0237. The Morgan fingerprint density at radius 1 is 0.758 bits per heavy atom. The van der Waals surface area contributed by atoms with Crippen LogP contribution in [0.2, 0.25) is 0 Å². The molecule has 2 aliphatic rings. The highest BCUT2D eigenvalue weighted by Crippen LogP contribution is 2.40. The molecular weight excluding hydrogens is 905 g/mol. The minimum Gasteiger partial charge on any atom is -0.387 e. The number of aryl methyl sites for hydroxylation is 2. The normalized spacial score (nSPS) is 23.4. The fourth-order valence-corrected chi connectivity index (χ4v) is 9.07. The van der Waals surface area contributed by atoms with Crippen LogP contribution in [0, 0.1) is 11.8 Å². The van der Waals surface area contributed by atoms with E-state index in [4.69, 9.17) is 14.0 Å². The molecule has 2 aliphatic heterocycles. The molecule has 0 saturated carbocycles. The van der Waals surface area contributed by atoms with Crippen molar-refractivity contribution in [2.24, 2.45) is 11.8 Å². The van der Waals surface area contributed by atoms with Crippen molar-refractivity contribution in [1.82, 2.24) is 78.8 Å². The third-order valence-electron chi connectivity index (χ3n) is 10.2. The van der Waals surface area contributed by atoms with E-state index in [1.54, 1.807) is 30.6 Å². The van der Waals surface area contributed by atoms with E-state index in [1.807, 2.05) is 27.7 Å². The van der Waals surface area contributed by atoms with E-state index in [1.165, 1.54) is 22.0 Å². The largest absolute Gasteiger partial charge is 0.387 e. The van der Waals surface area contributed by atoms with E-state index in [-0.39, 0.29) is 35.8 Å². The summed E-state index contributed by atoms with van der Waals surface area (Å²) in [6, 6.07) is 0. The maximum Gasteiger partial charge on any atom is 0.258 e. The molecule has 66 heavy (non-hydrogen) atoms. The van der Waals surface area contributed by atoms with Gasteiger partial charge in [-0.25, -0.2) is 43.0 Å². The number of hydrogen-bond acceptors (Lipinski definition) is 24. The van der Waals surface area contributed by atoms with Crippen LogP contribution in [-0.2, 0) is 45.6 Å². The van der Waals surface area contributed by atoms with Gasteiger partial charge in [-0.05, 0) is 24.0 Å². The molecule has 0 spiro atoms. The second-order valence-electron chi connectivity index (χ2n) is 16.2. The number of aliphatic hydroxyl groups is 4. The van der Waals surface area contributed by atoms with Gasteiger partial charge in [-0.1, -0.05) is 51.7 Å². The smallest absolute Gasteiger partial charge is 0.258 e. The molecule has 0 aliphatic carbocycles. The van der Waals surface area contributed by atoms with Crippen molar-refractivity contribution in [1.29, 1.82) is 0 Å². The van der Waals surface area contributed by atoms with Crippen molar-refractivity contribution >= 4 is 55.9 Å². The quantitative estimate of drug-likeness (QED) is 0.0419. The summed E-state index contributed by atoms with van der Waals surface area (Å²) in [5.74, 6) is 3.94. The average Bonchev–Trinajstić information content (AvgIpc) is 4.17. The van der Waals surface area contributed by atoms with Crippen molar-refractivity contribution in [3.05, 3.63) is 41.8 Å². The molecule has 0 radical (unpaired) electrons. The molecule has 0 amide bonds. The molecule has 29 heteroatoms. The first-order chi connectivity index (χ1) is 31.6. The molecule has 27 nitrogen and oxygen atoms in total. The number of nitrogens with zero attached hydrogens (tertiary/aromatic N) is 14. The molecule has 0 aromatic carbocycles. The van der Waals surface area contributed by atoms with E-state index < -0.39 is 59.1 Å². The standard InChI is InChI=1S/C19H28N8O4S.C18H28N10O5S/c1-5-10-25-18(31-26-10)15-13(28)14(29)19(30-15)27-8-21-12-16(20-4)23-11(24-17(12)27)6-22-32-7-9(2)3;1-5-28-25-16(24-26-28)14-12(29)13(30)18(33-14)27-8-20-11-15(19-4)22-10(23-17(11)27)6-21-34(31,32)7-9(2)3/h8-9,13-15,19,22,28-29H,5-7H2,1-4H3,(H,20,23,24);8-9,12-14,18,21,29-30H,5-7H2,1-4H3,(H,19,22,23)/t13-,14+,15-,19+;12-,13+,14-,18+/m00/s1. The number of fused-ring (bicyclic) bond motifs is 2. The van der Waals surface area contributed by atoms with Crippen LogP contribution in [0.15, 0.2) is 17.2 Å². The van der Waals surface area contributed by atoms with Crippen LogP contribution in [0.5, 0.6) is 0 Å². The number of rotatable bonds is 18. The topological polar surface area (TPSA) is 351 Å². The molecule has 6 aromatic rings. The van der Waals surface area contributed by atoms with Gasteiger partial charge in [0, 0.05) is 26.3 Å². The molecule has 0 bridgehead atoms. The second-order valence-corrected chi connectivity index (χ2v) is 19.0. The number of nitrogens with one attached hydrogen (secondary N) is 4. The molecule has 360 valence electrons. The first-order valence-corrected chi connectivity index (χ1v) is 24.0. The molecule has 6 aromatic heterocycles. The summed E-state index contributed by atoms with van der Waals surface area (Å²) in [5.41, 5.74) is 1.69. The number of imidazole rings is 2. The third kappa shape index (κ3) is 10.5. The SMILES string of the molecule is CCc1noc([C@H]2O[C@@H](n3cnc4c(NC)nc(CNSCC(C)C)nc43)[C@H](O)[C@@H]2O)n1.CCn1nnc([C@H]2O[C@@H](n3cnc4c(NC)nc(CNS(=O)(=O)CC(C)C)nc43)[C@H](O)[C@@H]2O)n1. The predicted molar refractivity (Wildman–Crippen MR) is 236 cm³/mol. The summed E-state index contributed by atoms with van der Waals surface area (Å²) >= 11 is 1.62. The van der Waals surface area contributed by atoms with E-state index in [0.29, 0.717) is 71.0 Å². The number of aliphatic hydroxyl groups excluding tert-OH is 4. The zero-order chi connectivity index (χ0) is 47.4. The Hall–Kier alpha value is -5.11. The van der Waals surface area contributed by atoms with Gasteiger partial charge in [0.1, 0.15) is 36.1 Å². The Labute approximate surface area is 383 Å². The summed E-state index contributed by atoms with van der Waals surface area (Å²) < 4.78 is 50.3. The number of anilines is 2. The molecule has 8 N–H and O–H groups in total. The number of ether oxygens (including phenoxy) is 2. The van der Waals surface area contributed by atoms with Crippen molar-refractivity contribution in [2.45, 2.75) is 117 Å². The zero-order valence-electron chi connectivity index (χ0n) is 37.6. The summed E-state index contributed by atoms with van der Waals surface area (Å²) in [6.07, 6.45) is -5.60. The Morgan fingerprint density at radius 2 is 1.33 bits per heavy atom. The van der Waals surface area contributed by atoms with Gasteiger partial charge in [-0.15, -0.1) is 10.2 Å². The van der Waals surface area contributed by atoms with Crippen LogP contribution in [-0.4, -0.2) is 148 Å². The Kier molecular flexibility index (Phi) is 15.4. The van der Waals surface area contributed by atoms with Crippen molar-refractivity contribution in [2.75, 3.05) is 36.2 Å². The molecular formula is C37H56N18O9S2. The maximum absolute atomic E-state index is 12.2. The lowest BCUT2D eigenvalue weighted by molar-refractivity contribution is -0.0451. The van der Waals surface area contributed by atoms with Gasteiger partial charge >= 0.3 is 0 Å². The number of hydrogen-bond donors (Lipinski definition) is 8. The average molecular weight is 961 g/mol. The van der Waals surface area contributed by atoms with Gasteiger partial charge < -0.3 is 45.1 Å². The van der Waals surface area contributed by atoms with Gasteiger partial charge in [-0.2, -0.15) is 9.78 Å². The lowest BCUT2D eigenvalue weighted by atomic mass is 10.1. The molecule has 8 heterocycles. The Bertz CT molecular complexity index is 2680. The van der Waals surface area contributed by atoms with E-state index in [9.17, 15) is 28.8 Å². The van der Waals surface area contributed by atoms with Crippen LogP contribution in [0.1, 0.15) is 95.4 Å². The van der Waals surface area contributed by atoms with Crippen LogP contribution < -0.4 is 20.1 Å². The molecule has 0 unspecified atom stereocenters. The number of tetrazole rings is 1. The minimum atomic E-state index is -3.51. The van der Waals surface area contributed by atoms with E-state index >= 15 is 0 Å². The lowest BCUT2D eigenvalue weighted by Crippen LogP contribution is -2.30. The van der Waals surface area contributed by atoms with Crippen LogP contribution >= 0.6 is 11.9 Å².